The van der Waals surface area contributed by atoms with Gasteiger partial charge in [-0.3, -0.25) is 0 Å². The third-order valence-corrected chi connectivity index (χ3v) is 3.65. The van der Waals surface area contributed by atoms with Gasteiger partial charge in [0.05, 0.1) is 6.61 Å². The van der Waals surface area contributed by atoms with Gasteiger partial charge in [0.25, 0.3) is 0 Å². The van der Waals surface area contributed by atoms with Gasteiger partial charge in [-0.15, -0.1) is 0 Å². The van der Waals surface area contributed by atoms with Crippen LogP contribution >= 0.6 is 0 Å². The summed E-state index contributed by atoms with van der Waals surface area (Å²) in [6.45, 7) is 7.48. The van der Waals surface area contributed by atoms with Crippen LogP contribution in [0.4, 0.5) is 0 Å². The lowest BCUT2D eigenvalue weighted by molar-refractivity contribution is -0.250. The predicted molar refractivity (Wildman–Crippen MR) is 51.4 cm³/mol. The van der Waals surface area contributed by atoms with Crippen LogP contribution in [0.1, 0.15) is 40.0 Å². The van der Waals surface area contributed by atoms with E-state index in [-0.39, 0.29) is 11.2 Å². The average Bonchev–Trinajstić information content (AvgIpc) is 2.61. The molecule has 0 radical (unpaired) electrons. The SMILES string of the molecule is COC1(C(C)(C)C)CC2(CC2)CO1. The Balaban J connectivity index is 2.18. The standard InChI is InChI=1S/C11H20O2/c1-9(2,3)11(12-4)7-10(5-6-10)8-13-11/h5-8H2,1-4H3. The van der Waals surface area contributed by atoms with E-state index in [1.807, 2.05) is 0 Å². The fourth-order valence-electron chi connectivity index (χ4n) is 2.28. The molecule has 0 aromatic heterocycles. The normalized spacial score (nSPS) is 36.9. The number of rotatable bonds is 1. The molecule has 2 heteroatoms. The Kier molecular flexibility index (Phi) is 1.81. The maximum Gasteiger partial charge on any atom is 0.173 e. The van der Waals surface area contributed by atoms with E-state index in [0.29, 0.717) is 5.41 Å². The van der Waals surface area contributed by atoms with Crippen molar-refractivity contribution in [3.05, 3.63) is 0 Å². The topological polar surface area (TPSA) is 18.5 Å². The highest BCUT2D eigenvalue weighted by atomic mass is 16.7. The molecule has 1 saturated carbocycles. The fourth-order valence-corrected chi connectivity index (χ4v) is 2.28. The van der Waals surface area contributed by atoms with Crippen LogP contribution in [0, 0.1) is 10.8 Å². The summed E-state index contributed by atoms with van der Waals surface area (Å²) >= 11 is 0. The van der Waals surface area contributed by atoms with Crippen molar-refractivity contribution in [2.24, 2.45) is 10.8 Å². The summed E-state index contributed by atoms with van der Waals surface area (Å²) < 4.78 is 11.5. The van der Waals surface area contributed by atoms with Crippen molar-refractivity contribution in [3.8, 4) is 0 Å². The number of hydrogen-bond donors (Lipinski definition) is 0. The van der Waals surface area contributed by atoms with Gasteiger partial charge >= 0.3 is 0 Å². The second kappa shape index (κ2) is 2.48. The summed E-state index contributed by atoms with van der Waals surface area (Å²) in [6, 6.07) is 0. The zero-order chi connectivity index (χ0) is 9.74. The summed E-state index contributed by atoms with van der Waals surface area (Å²) in [4.78, 5) is 0. The first-order valence-corrected chi connectivity index (χ1v) is 5.12. The van der Waals surface area contributed by atoms with Gasteiger partial charge in [-0.1, -0.05) is 20.8 Å². The Morgan fingerprint density at radius 1 is 1.23 bits per heavy atom. The van der Waals surface area contributed by atoms with Crippen LogP contribution in [-0.4, -0.2) is 19.5 Å². The van der Waals surface area contributed by atoms with Gasteiger partial charge in [0.2, 0.25) is 0 Å². The zero-order valence-electron chi connectivity index (χ0n) is 9.14. The van der Waals surface area contributed by atoms with Gasteiger partial charge in [0, 0.05) is 18.9 Å². The van der Waals surface area contributed by atoms with Gasteiger partial charge in [-0.25, -0.2) is 0 Å². The number of hydrogen-bond acceptors (Lipinski definition) is 2. The van der Waals surface area contributed by atoms with E-state index in [4.69, 9.17) is 9.47 Å². The molecule has 1 atom stereocenters. The largest absolute Gasteiger partial charge is 0.353 e. The lowest BCUT2D eigenvalue weighted by Gasteiger charge is -2.39. The molecule has 0 aromatic rings. The average molecular weight is 184 g/mol. The molecule has 1 spiro atoms. The minimum atomic E-state index is -0.330. The van der Waals surface area contributed by atoms with Crippen LogP contribution in [0.2, 0.25) is 0 Å². The van der Waals surface area contributed by atoms with Crippen molar-refractivity contribution in [1.29, 1.82) is 0 Å². The third kappa shape index (κ3) is 1.31. The second-order valence-electron chi connectivity index (χ2n) is 5.67. The molecule has 2 aliphatic rings. The lowest BCUT2D eigenvalue weighted by Crippen LogP contribution is -2.44. The Morgan fingerprint density at radius 2 is 1.85 bits per heavy atom. The van der Waals surface area contributed by atoms with E-state index >= 15 is 0 Å². The predicted octanol–water partition coefficient (Wildman–Crippen LogP) is 2.58. The molecule has 13 heavy (non-hydrogen) atoms. The molecule has 76 valence electrons. The Bertz CT molecular complexity index is 213. The molecular formula is C11H20O2. The van der Waals surface area contributed by atoms with E-state index in [9.17, 15) is 0 Å². The molecule has 2 fully saturated rings. The molecule has 0 N–H and O–H groups in total. The summed E-state index contributed by atoms with van der Waals surface area (Å²) in [6.07, 6.45) is 3.74. The molecule has 1 aliphatic heterocycles. The minimum absolute atomic E-state index is 0.0772. The van der Waals surface area contributed by atoms with Gasteiger partial charge in [0.1, 0.15) is 0 Å². The highest BCUT2D eigenvalue weighted by molar-refractivity contribution is 5.05. The van der Waals surface area contributed by atoms with Crippen molar-refractivity contribution in [2.75, 3.05) is 13.7 Å². The van der Waals surface area contributed by atoms with Gasteiger partial charge in [-0.2, -0.15) is 0 Å². The highest BCUT2D eigenvalue weighted by Crippen LogP contribution is 2.60. The smallest absolute Gasteiger partial charge is 0.173 e. The van der Waals surface area contributed by atoms with E-state index in [1.165, 1.54) is 12.8 Å². The van der Waals surface area contributed by atoms with Crippen LogP contribution in [0.15, 0.2) is 0 Å². The minimum Gasteiger partial charge on any atom is -0.353 e. The molecule has 2 nitrogen and oxygen atoms in total. The maximum absolute atomic E-state index is 5.91. The molecule has 1 aliphatic carbocycles. The van der Waals surface area contributed by atoms with Crippen molar-refractivity contribution in [2.45, 2.75) is 45.8 Å². The first-order chi connectivity index (χ1) is 5.93. The molecule has 0 amide bonds. The summed E-state index contributed by atoms with van der Waals surface area (Å²) in [5, 5.41) is 0. The summed E-state index contributed by atoms with van der Waals surface area (Å²) in [5.74, 6) is -0.330. The van der Waals surface area contributed by atoms with Crippen LogP contribution in [-0.2, 0) is 9.47 Å². The number of ether oxygens (including phenoxy) is 2. The molecule has 1 unspecified atom stereocenters. The van der Waals surface area contributed by atoms with Crippen molar-refractivity contribution in [1.82, 2.24) is 0 Å². The molecule has 1 saturated heterocycles. The molecule has 0 aromatic carbocycles. The van der Waals surface area contributed by atoms with Crippen LogP contribution in [0.25, 0.3) is 0 Å². The van der Waals surface area contributed by atoms with E-state index in [0.717, 1.165) is 13.0 Å². The van der Waals surface area contributed by atoms with Crippen LogP contribution < -0.4 is 0 Å². The fraction of sp³-hybridized carbons (Fsp3) is 1.00. The van der Waals surface area contributed by atoms with Crippen molar-refractivity contribution >= 4 is 0 Å². The molecule has 0 bridgehead atoms. The first-order valence-electron chi connectivity index (χ1n) is 5.12. The molecule has 2 rings (SSSR count). The molecular weight excluding hydrogens is 164 g/mol. The monoisotopic (exact) mass is 184 g/mol. The third-order valence-electron chi connectivity index (χ3n) is 3.65. The van der Waals surface area contributed by atoms with Gasteiger partial charge in [-0.05, 0) is 18.3 Å². The van der Waals surface area contributed by atoms with E-state index in [2.05, 4.69) is 20.8 Å². The first kappa shape index (κ1) is 9.47. The molecule has 1 heterocycles. The number of methoxy groups -OCH3 is 1. The van der Waals surface area contributed by atoms with Crippen molar-refractivity contribution < 1.29 is 9.47 Å². The lowest BCUT2D eigenvalue weighted by atomic mass is 9.81. The van der Waals surface area contributed by atoms with Crippen molar-refractivity contribution in [3.63, 3.8) is 0 Å². The van der Waals surface area contributed by atoms with Gasteiger partial charge in [0.15, 0.2) is 5.79 Å². The van der Waals surface area contributed by atoms with E-state index in [1.54, 1.807) is 7.11 Å². The zero-order valence-corrected chi connectivity index (χ0v) is 9.14. The quantitative estimate of drug-likeness (QED) is 0.623. The van der Waals surface area contributed by atoms with Crippen LogP contribution in [0.5, 0.6) is 0 Å². The Morgan fingerprint density at radius 3 is 2.08 bits per heavy atom. The summed E-state index contributed by atoms with van der Waals surface area (Å²) in [5.41, 5.74) is 0.567. The Hall–Kier alpha value is -0.0800. The Labute approximate surface area is 80.6 Å². The summed E-state index contributed by atoms with van der Waals surface area (Å²) in [7, 11) is 1.77. The highest BCUT2D eigenvalue weighted by Gasteiger charge is 2.60. The van der Waals surface area contributed by atoms with Crippen LogP contribution in [0.3, 0.4) is 0 Å². The van der Waals surface area contributed by atoms with Gasteiger partial charge < -0.3 is 9.47 Å². The maximum atomic E-state index is 5.91. The second-order valence-corrected chi connectivity index (χ2v) is 5.67. The van der Waals surface area contributed by atoms with E-state index < -0.39 is 0 Å².